The summed E-state index contributed by atoms with van der Waals surface area (Å²) in [6, 6.07) is 4.38. The van der Waals surface area contributed by atoms with Crippen molar-refractivity contribution in [2.24, 2.45) is 11.3 Å². The van der Waals surface area contributed by atoms with Crippen molar-refractivity contribution in [3.63, 3.8) is 0 Å². The van der Waals surface area contributed by atoms with Gasteiger partial charge in [-0.3, -0.25) is 0 Å². The van der Waals surface area contributed by atoms with E-state index in [1.165, 1.54) is 12.1 Å². The molecule has 100 valence electrons. The normalized spacial score (nSPS) is 22.8. The Morgan fingerprint density at radius 3 is 2.50 bits per heavy atom. The monoisotopic (exact) mass is 253 g/mol. The van der Waals surface area contributed by atoms with E-state index in [0.717, 1.165) is 24.9 Å². The summed E-state index contributed by atoms with van der Waals surface area (Å²) in [6.45, 7) is 7.44. The molecule has 1 saturated carbocycles. The Kier molecular flexibility index (Phi) is 3.71. The Hall–Kier alpha value is -0.960. The Bertz CT molecular complexity index is 429. The molecule has 1 fully saturated rings. The molecule has 0 aromatic heterocycles. The van der Waals surface area contributed by atoms with Gasteiger partial charge >= 0.3 is 0 Å². The molecule has 2 rings (SSSR count). The molecule has 1 aromatic carbocycles. The molecule has 1 nitrogen and oxygen atoms in total. The molecule has 0 radical (unpaired) electrons. The standard InChI is InChI=1S/C15H21F2N/c1-4-7-18-14(11-9-15(11,2)3)10-5-6-12(16)13(17)8-10/h5-6,8,11,14,18H,4,7,9H2,1-3H3. The van der Waals surface area contributed by atoms with Gasteiger partial charge in [0.1, 0.15) is 0 Å². The van der Waals surface area contributed by atoms with Gasteiger partial charge in [0, 0.05) is 6.04 Å². The van der Waals surface area contributed by atoms with Gasteiger partial charge in [-0.1, -0.05) is 26.8 Å². The Balaban J connectivity index is 2.20. The van der Waals surface area contributed by atoms with Crippen LogP contribution < -0.4 is 5.32 Å². The number of halogens is 2. The van der Waals surface area contributed by atoms with Crippen LogP contribution in [0.15, 0.2) is 18.2 Å². The smallest absolute Gasteiger partial charge is 0.159 e. The van der Waals surface area contributed by atoms with E-state index in [-0.39, 0.29) is 6.04 Å². The second kappa shape index (κ2) is 4.96. The second-order valence-corrected chi connectivity index (χ2v) is 5.90. The average molecular weight is 253 g/mol. The SMILES string of the molecule is CCCNC(c1ccc(F)c(F)c1)C1CC1(C)C. The molecule has 1 N–H and O–H groups in total. The lowest BCUT2D eigenvalue weighted by molar-refractivity contribution is 0.412. The van der Waals surface area contributed by atoms with Gasteiger partial charge < -0.3 is 5.32 Å². The van der Waals surface area contributed by atoms with E-state index in [0.29, 0.717) is 11.3 Å². The predicted octanol–water partition coefficient (Wildman–Crippen LogP) is 4.05. The van der Waals surface area contributed by atoms with Crippen LogP contribution in [0.4, 0.5) is 8.78 Å². The van der Waals surface area contributed by atoms with Gasteiger partial charge in [0.25, 0.3) is 0 Å². The van der Waals surface area contributed by atoms with Crippen LogP contribution in [0.2, 0.25) is 0 Å². The van der Waals surface area contributed by atoms with Crippen molar-refractivity contribution in [2.75, 3.05) is 6.54 Å². The summed E-state index contributed by atoms with van der Waals surface area (Å²) >= 11 is 0. The highest BCUT2D eigenvalue weighted by Gasteiger charge is 2.50. The van der Waals surface area contributed by atoms with E-state index in [4.69, 9.17) is 0 Å². The van der Waals surface area contributed by atoms with Crippen molar-refractivity contribution in [3.8, 4) is 0 Å². The molecule has 2 unspecified atom stereocenters. The van der Waals surface area contributed by atoms with E-state index in [1.54, 1.807) is 6.07 Å². The van der Waals surface area contributed by atoms with Gasteiger partial charge in [0.2, 0.25) is 0 Å². The third-order valence-corrected chi connectivity index (χ3v) is 3.91. The molecule has 0 bridgehead atoms. The summed E-state index contributed by atoms with van der Waals surface area (Å²) in [5, 5.41) is 3.46. The largest absolute Gasteiger partial charge is 0.310 e. The van der Waals surface area contributed by atoms with Crippen LogP contribution in [-0.4, -0.2) is 6.54 Å². The first kappa shape index (κ1) is 13.5. The van der Waals surface area contributed by atoms with Crippen LogP contribution in [0.3, 0.4) is 0 Å². The number of hydrogen-bond acceptors (Lipinski definition) is 1. The van der Waals surface area contributed by atoms with Crippen molar-refractivity contribution < 1.29 is 8.78 Å². The molecule has 2 atom stereocenters. The molecule has 18 heavy (non-hydrogen) atoms. The maximum atomic E-state index is 13.3. The predicted molar refractivity (Wildman–Crippen MR) is 69.3 cm³/mol. The van der Waals surface area contributed by atoms with E-state index < -0.39 is 11.6 Å². The van der Waals surface area contributed by atoms with Gasteiger partial charge in [-0.15, -0.1) is 0 Å². The summed E-state index contributed by atoms with van der Waals surface area (Å²) in [6.07, 6.45) is 2.17. The lowest BCUT2D eigenvalue weighted by Crippen LogP contribution is -2.25. The molecule has 0 aliphatic heterocycles. The van der Waals surface area contributed by atoms with Crippen molar-refractivity contribution >= 4 is 0 Å². The third kappa shape index (κ3) is 2.72. The van der Waals surface area contributed by atoms with Gasteiger partial charge in [-0.2, -0.15) is 0 Å². The van der Waals surface area contributed by atoms with E-state index in [9.17, 15) is 8.78 Å². The van der Waals surface area contributed by atoms with Crippen molar-refractivity contribution in [2.45, 2.75) is 39.7 Å². The third-order valence-electron chi connectivity index (χ3n) is 3.91. The number of nitrogens with one attached hydrogen (secondary N) is 1. The fraction of sp³-hybridized carbons (Fsp3) is 0.600. The molecule has 0 spiro atoms. The van der Waals surface area contributed by atoms with Crippen molar-refractivity contribution in [1.82, 2.24) is 5.32 Å². The highest BCUT2D eigenvalue weighted by atomic mass is 19.2. The van der Waals surface area contributed by atoms with Crippen LogP contribution in [-0.2, 0) is 0 Å². The van der Waals surface area contributed by atoms with Crippen LogP contribution >= 0.6 is 0 Å². The maximum absolute atomic E-state index is 13.3. The maximum Gasteiger partial charge on any atom is 0.159 e. The second-order valence-electron chi connectivity index (χ2n) is 5.90. The van der Waals surface area contributed by atoms with E-state index >= 15 is 0 Å². The first-order chi connectivity index (χ1) is 8.45. The summed E-state index contributed by atoms with van der Waals surface area (Å²) in [7, 11) is 0. The fourth-order valence-corrected chi connectivity index (χ4v) is 2.57. The van der Waals surface area contributed by atoms with E-state index in [2.05, 4.69) is 26.1 Å². The molecule has 0 saturated heterocycles. The topological polar surface area (TPSA) is 12.0 Å². The molecule has 3 heteroatoms. The molecule has 0 amide bonds. The minimum absolute atomic E-state index is 0.134. The van der Waals surface area contributed by atoms with Crippen molar-refractivity contribution in [3.05, 3.63) is 35.4 Å². The lowest BCUT2D eigenvalue weighted by Gasteiger charge is -2.21. The average Bonchev–Trinajstić information content (AvgIpc) is 2.93. The molecule has 1 aliphatic rings. The number of rotatable bonds is 5. The summed E-state index contributed by atoms with van der Waals surface area (Å²) < 4.78 is 26.3. The molecule has 0 heterocycles. The Morgan fingerprint density at radius 2 is 2.00 bits per heavy atom. The lowest BCUT2D eigenvalue weighted by atomic mass is 9.96. The number of hydrogen-bond donors (Lipinski definition) is 1. The highest BCUT2D eigenvalue weighted by molar-refractivity contribution is 5.25. The van der Waals surface area contributed by atoms with Gasteiger partial charge in [-0.25, -0.2) is 8.78 Å². The summed E-state index contributed by atoms with van der Waals surface area (Å²) in [5.74, 6) is -1.02. The minimum Gasteiger partial charge on any atom is -0.310 e. The van der Waals surface area contributed by atoms with Crippen molar-refractivity contribution in [1.29, 1.82) is 0 Å². The van der Waals surface area contributed by atoms with Crippen LogP contribution in [0.5, 0.6) is 0 Å². The highest BCUT2D eigenvalue weighted by Crippen LogP contribution is 2.57. The van der Waals surface area contributed by atoms with Crippen LogP contribution in [0.25, 0.3) is 0 Å². The summed E-state index contributed by atoms with van der Waals surface area (Å²) in [4.78, 5) is 0. The molecular weight excluding hydrogens is 232 g/mol. The zero-order valence-electron chi connectivity index (χ0n) is 11.3. The van der Waals surface area contributed by atoms with Gasteiger partial charge in [0.15, 0.2) is 11.6 Å². The Morgan fingerprint density at radius 1 is 1.33 bits per heavy atom. The number of benzene rings is 1. The van der Waals surface area contributed by atoms with Gasteiger partial charge in [-0.05, 0) is 48.4 Å². The van der Waals surface area contributed by atoms with Crippen LogP contribution in [0.1, 0.15) is 45.2 Å². The van der Waals surface area contributed by atoms with Crippen LogP contribution in [0, 0.1) is 23.0 Å². The molecule has 1 aromatic rings. The van der Waals surface area contributed by atoms with Gasteiger partial charge in [0.05, 0.1) is 0 Å². The minimum atomic E-state index is -0.775. The zero-order chi connectivity index (χ0) is 13.3. The molecule has 1 aliphatic carbocycles. The molecular formula is C15H21F2N. The summed E-state index contributed by atoms with van der Waals surface area (Å²) in [5.41, 5.74) is 1.16. The first-order valence-corrected chi connectivity index (χ1v) is 6.64. The first-order valence-electron chi connectivity index (χ1n) is 6.64. The Labute approximate surface area is 108 Å². The quantitative estimate of drug-likeness (QED) is 0.834. The fourth-order valence-electron chi connectivity index (χ4n) is 2.57. The van der Waals surface area contributed by atoms with E-state index in [1.807, 2.05) is 0 Å². The zero-order valence-corrected chi connectivity index (χ0v) is 11.3.